The van der Waals surface area contributed by atoms with Crippen molar-refractivity contribution in [3.05, 3.63) is 77.9 Å². The van der Waals surface area contributed by atoms with Gasteiger partial charge in [0, 0.05) is 18.2 Å². The molecule has 27 heavy (non-hydrogen) atoms. The number of benzene rings is 3. The highest BCUT2D eigenvalue weighted by molar-refractivity contribution is 5.82. The fraction of sp³-hybridized carbons (Fsp3) is 0.208. The largest absolute Gasteiger partial charge is 0.338 e. The number of para-hydroxylation sites is 1. The van der Waals surface area contributed by atoms with Gasteiger partial charge in [-0.2, -0.15) is 0 Å². The summed E-state index contributed by atoms with van der Waals surface area (Å²) in [5.41, 5.74) is 8.18. The zero-order valence-corrected chi connectivity index (χ0v) is 16.1. The van der Waals surface area contributed by atoms with Crippen LogP contribution in [0.4, 0.5) is 0 Å². The van der Waals surface area contributed by atoms with E-state index in [1.54, 1.807) is 0 Å². The van der Waals surface area contributed by atoms with E-state index in [0.29, 0.717) is 6.04 Å². The molecule has 4 rings (SSSR count). The maximum atomic E-state index is 4.77. The summed E-state index contributed by atoms with van der Waals surface area (Å²) in [6.07, 6.45) is 0. The second kappa shape index (κ2) is 7.37. The van der Waals surface area contributed by atoms with Crippen molar-refractivity contribution < 1.29 is 0 Å². The van der Waals surface area contributed by atoms with Crippen LogP contribution in [-0.2, 0) is 6.54 Å². The molecule has 2 N–H and O–H groups in total. The van der Waals surface area contributed by atoms with E-state index in [0.717, 1.165) is 29.0 Å². The van der Waals surface area contributed by atoms with Gasteiger partial charge in [0.2, 0.25) is 0 Å². The van der Waals surface area contributed by atoms with Gasteiger partial charge in [-0.15, -0.1) is 0 Å². The lowest BCUT2D eigenvalue weighted by atomic mass is 10.0. The van der Waals surface area contributed by atoms with E-state index in [-0.39, 0.29) is 0 Å². The summed E-state index contributed by atoms with van der Waals surface area (Å²) >= 11 is 0. The molecule has 0 fully saturated rings. The van der Waals surface area contributed by atoms with Gasteiger partial charge in [0.05, 0.1) is 11.0 Å². The number of H-pyrrole nitrogens is 1. The molecule has 0 unspecified atom stereocenters. The highest BCUT2D eigenvalue weighted by Crippen LogP contribution is 2.26. The highest BCUT2D eigenvalue weighted by atomic mass is 14.9. The lowest BCUT2D eigenvalue weighted by Gasteiger charge is -2.09. The average Bonchev–Trinajstić information content (AvgIpc) is 3.13. The number of imidazole rings is 1. The topological polar surface area (TPSA) is 40.7 Å². The van der Waals surface area contributed by atoms with Gasteiger partial charge < -0.3 is 10.3 Å². The monoisotopic (exact) mass is 355 g/mol. The molecule has 3 heteroatoms. The van der Waals surface area contributed by atoms with Crippen LogP contribution >= 0.6 is 0 Å². The lowest BCUT2D eigenvalue weighted by molar-refractivity contribution is 0.589. The molecule has 0 saturated carbocycles. The Labute approximate surface area is 160 Å². The van der Waals surface area contributed by atoms with E-state index < -0.39 is 0 Å². The lowest BCUT2D eigenvalue weighted by Crippen LogP contribution is -2.21. The minimum absolute atomic E-state index is 0.499. The Kier molecular flexibility index (Phi) is 4.78. The second-order valence-electron chi connectivity index (χ2n) is 7.37. The molecule has 0 amide bonds. The molecule has 0 aliphatic heterocycles. The van der Waals surface area contributed by atoms with Crippen molar-refractivity contribution in [2.24, 2.45) is 0 Å². The highest BCUT2D eigenvalue weighted by Gasteiger charge is 2.07. The fourth-order valence-electron chi connectivity index (χ4n) is 3.27. The van der Waals surface area contributed by atoms with Crippen molar-refractivity contribution in [1.82, 2.24) is 15.3 Å². The Morgan fingerprint density at radius 2 is 1.48 bits per heavy atom. The van der Waals surface area contributed by atoms with Gasteiger partial charge in [-0.05, 0) is 35.2 Å². The standard InChI is InChI=1S/C24H25N3/c1-16(2)25-15-18-7-9-19(10-8-18)20-11-13-21(14-12-20)24-26-22-6-4-5-17(3)23(22)27-24/h4-14,16,25H,15H2,1-3H3,(H,26,27). The van der Waals surface area contributed by atoms with E-state index in [4.69, 9.17) is 4.98 Å². The molecular formula is C24H25N3. The first-order valence-electron chi connectivity index (χ1n) is 9.48. The molecule has 1 aromatic heterocycles. The van der Waals surface area contributed by atoms with Crippen molar-refractivity contribution in [3.8, 4) is 22.5 Å². The first-order chi connectivity index (χ1) is 13.1. The number of fused-ring (bicyclic) bond motifs is 1. The van der Waals surface area contributed by atoms with E-state index in [1.165, 1.54) is 22.3 Å². The van der Waals surface area contributed by atoms with Gasteiger partial charge in [0.25, 0.3) is 0 Å². The average molecular weight is 355 g/mol. The smallest absolute Gasteiger partial charge is 0.138 e. The van der Waals surface area contributed by atoms with Crippen LogP contribution in [0.2, 0.25) is 0 Å². The van der Waals surface area contributed by atoms with Gasteiger partial charge >= 0.3 is 0 Å². The summed E-state index contributed by atoms with van der Waals surface area (Å²) in [5, 5.41) is 3.45. The van der Waals surface area contributed by atoms with Crippen LogP contribution < -0.4 is 5.32 Å². The molecule has 0 aliphatic rings. The SMILES string of the molecule is Cc1cccc2[nH]c(-c3ccc(-c4ccc(CNC(C)C)cc4)cc3)nc12. The third-order valence-electron chi connectivity index (χ3n) is 4.87. The van der Waals surface area contributed by atoms with Gasteiger partial charge in [-0.3, -0.25) is 0 Å². The predicted molar refractivity (Wildman–Crippen MR) is 114 cm³/mol. The predicted octanol–water partition coefficient (Wildman–Crippen LogP) is 5.70. The van der Waals surface area contributed by atoms with Crippen molar-refractivity contribution in [2.45, 2.75) is 33.4 Å². The summed E-state index contributed by atoms with van der Waals surface area (Å²) < 4.78 is 0. The summed E-state index contributed by atoms with van der Waals surface area (Å²) in [4.78, 5) is 8.19. The summed E-state index contributed by atoms with van der Waals surface area (Å²) in [6.45, 7) is 7.33. The van der Waals surface area contributed by atoms with E-state index in [9.17, 15) is 0 Å². The minimum Gasteiger partial charge on any atom is -0.338 e. The molecule has 0 spiro atoms. The molecule has 136 valence electrons. The van der Waals surface area contributed by atoms with Crippen molar-refractivity contribution in [2.75, 3.05) is 0 Å². The Hall–Kier alpha value is -2.91. The third-order valence-corrected chi connectivity index (χ3v) is 4.87. The Bertz CT molecular complexity index is 1040. The molecule has 3 aromatic carbocycles. The number of nitrogens with one attached hydrogen (secondary N) is 2. The summed E-state index contributed by atoms with van der Waals surface area (Å²) in [5.74, 6) is 0.918. The van der Waals surface area contributed by atoms with Crippen LogP contribution in [0.3, 0.4) is 0 Å². The third kappa shape index (κ3) is 3.79. The summed E-state index contributed by atoms with van der Waals surface area (Å²) in [7, 11) is 0. The number of hydrogen-bond donors (Lipinski definition) is 2. The van der Waals surface area contributed by atoms with Crippen molar-refractivity contribution in [3.63, 3.8) is 0 Å². The first-order valence-corrected chi connectivity index (χ1v) is 9.48. The summed E-state index contributed by atoms with van der Waals surface area (Å²) in [6, 6.07) is 24.1. The Balaban J connectivity index is 1.55. The molecule has 0 saturated heterocycles. The van der Waals surface area contributed by atoms with Gasteiger partial charge in [-0.25, -0.2) is 4.98 Å². The molecule has 4 aromatic rings. The fourth-order valence-corrected chi connectivity index (χ4v) is 3.27. The Morgan fingerprint density at radius 3 is 2.11 bits per heavy atom. The van der Waals surface area contributed by atoms with E-state index in [2.05, 4.69) is 97.8 Å². The maximum absolute atomic E-state index is 4.77. The minimum atomic E-state index is 0.499. The van der Waals surface area contributed by atoms with E-state index in [1.807, 2.05) is 0 Å². The van der Waals surface area contributed by atoms with Crippen LogP contribution in [0.1, 0.15) is 25.0 Å². The molecule has 0 bridgehead atoms. The van der Waals surface area contributed by atoms with Crippen molar-refractivity contribution in [1.29, 1.82) is 0 Å². The molecule has 0 atom stereocenters. The van der Waals surface area contributed by atoms with E-state index >= 15 is 0 Å². The molecule has 3 nitrogen and oxygen atoms in total. The van der Waals surface area contributed by atoms with Crippen molar-refractivity contribution >= 4 is 11.0 Å². The Morgan fingerprint density at radius 1 is 0.852 bits per heavy atom. The molecule has 0 aliphatic carbocycles. The normalized spacial score (nSPS) is 11.4. The van der Waals surface area contributed by atoms with Crippen LogP contribution in [0.25, 0.3) is 33.5 Å². The maximum Gasteiger partial charge on any atom is 0.138 e. The molecule has 0 radical (unpaired) electrons. The van der Waals surface area contributed by atoms with Crippen LogP contribution in [0.15, 0.2) is 66.7 Å². The number of rotatable bonds is 5. The number of aryl methyl sites for hydroxylation is 1. The quantitative estimate of drug-likeness (QED) is 0.482. The number of aromatic nitrogens is 2. The van der Waals surface area contributed by atoms with Gasteiger partial charge in [-0.1, -0.05) is 74.5 Å². The zero-order valence-electron chi connectivity index (χ0n) is 16.1. The van der Waals surface area contributed by atoms with Crippen LogP contribution in [-0.4, -0.2) is 16.0 Å². The van der Waals surface area contributed by atoms with Crippen LogP contribution in [0.5, 0.6) is 0 Å². The first kappa shape index (κ1) is 17.5. The van der Waals surface area contributed by atoms with Gasteiger partial charge in [0.15, 0.2) is 0 Å². The molecule has 1 heterocycles. The number of nitrogens with zero attached hydrogens (tertiary/aromatic N) is 1. The van der Waals surface area contributed by atoms with Crippen LogP contribution in [0, 0.1) is 6.92 Å². The zero-order chi connectivity index (χ0) is 18.8. The van der Waals surface area contributed by atoms with Gasteiger partial charge in [0.1, 0.15) is 5.82 Å². The number of hydrogen-bond acceptors (Lipinski definition) is 2. The molecular weight excluding hydrogens is 330 g/mol. The second-order valence-corrected chi connectivity index (χ2v) is 7.37. The number of aromatic amines is 1.